The molecule has 42 heavy (non-hydrogen) atoms. The average Bonchev–Trinajstić information content (AvgIpc) is 3.65. The van der Waals surface area contributed by atoms with E-state index in [1.807, 2.05) is 6.07 Å². The lowest BCUT2D eigenvalue weighted by Gasteiger charge is -2.34. The molecule has 1 aliphatic carbocycles. The number of sulfonamides is 1. The molecule has 2 aromatic carbocycles. The van der Waals surface area contributed by atoms with Crippen molar-refractivity contribution in [2.24, 2.45) is 5.92 Å². The van der Waals surface area contributed by atoms with Gasteiger partial charge < -0.3 is 34.1 Å². The molecular formula is C30H40N2O9S. The Labute approximate surface area is 247 Å². The Morgan fingerprint density at radius 1 is 1.07 bits per heavy atom. The largest absolute Gasteiger partial charge is 0.493 e. The average molecular weight is 605 g/mol. The van der Waals surface area contributed by atoms with Crippen molar-refractivity contribution >= 4 is 16.1 Å². The van der Waals surface area contributed by atoms with E-state index in [4.69, 9.17) is 23.7 Å². The predicted octanol–water partition coefficient (Wildman–Crippen LogP) is 3.79. The summed E-state index contributed by atoms with van der Waals surface area (Å²) in [7, 11) is -2.79. The second-order valence-corrected chi connectivity index (χ2v) is 12.9. The Balaban J connectivity index is 1.42. The van der Waals surface area contributed by atoms with Crippen LogP contribution in [0.4, 0.5) is 4.79 Å². The van der Waals surface area contributed by atoms with Gasteiger partial charge in [-0.2, -0.15) is 4.31 Å². The molecule has 3 aliphatic rings. The molecule has 2 aromatic rings. The first-order chi connectivity index (χ1) is 20.3. The van der Waals surface area contributed by atoms with Crippen molar-refractivity contribution in [1.82, 2.24) is 9.62 Å². The molecule has 1 saturated carbocycles. The Hall–Kier alpha value is -2.90. The highest BCUT2D eigenvalue weighted by Gasteiger charge is 2.43. The molecule has 2 saturated heterocycles. The number of aliphatic hydroxyl groups is 1. The Bertz CT molecular complexity index is 1300. The van der Waals surface area contributed by atoms with Gasteiger partial charge in [-0.15, -0.1) is 0 Å². The van der Waals surface area contributed by atoms with Crippen LogP contribution in [0.1, 0.15) is 51.0 Å². The number of carbonyl (C=O) groups is 1. The summed E-state index contributed by atoms with van der Waals surface area (Å²) in [4.78, 5) is 13.1. The maximum Gasteiger partial charge on any atom is 0.408 e. The van der Waals surface area contributed by atoms with Gasteiger partial charge in [-0.3, -0.25) is 0 Å². The van der Waals surface area contributed by atoms with Gasteiger partial charge in [0.1, 0.15) is 12.3 Å². The number of nitrogens with one attached hydrogen (secondary N) is 1. The van der Waals surface area contributed by atoms with E-state index >= 15 is 0 Å². The van der Waals surface area contributed by atoms with Gasteiger partial charge in [-0.25, -0.2) is 13.2 Å². The van der Waals surface area contributed by atoms with Crippen molar-refractivity contribution in [3.8, 4) is 11.5 Å². The molecular weight excluding hydrogens is 564 g/mol. The molecule has 2 aliphatic heterocycles. The fraction of sp³-hybridized carbons (Fsp3) is 0.567. The fourth-order valence-electron chi connectivity index (χ4n) is 5.80. The zero-order valence-electron chi connectivity index (χ0n) is 24.0. The normalized spacial score (nSPS) is 24.1. The first-order valence-corrected chi connectivity index (χ1v) is 16.0. The molecule has 0 aromatic heterocycles. The molecule has 2 N–H and O–H groups in total. The van der Waals surface area contributed by atoms with E-state index in [1.54, 1.807) is 30.3 Å². The summed E-state index contributed by atoms with van der Waals surface area (Å²) in [5, 5.41) is 13.4. The smallest absolute Gasteiger partial charge is 0.408 e. The van der Waals surface area contributed by atoms with Crippen molar-refractivity contribution in [2.45, 2.75) is 87.7 Å². The third-order valence-electron chi connectivity index (χ3n) is 8.03. The molecule has 2 heterocycles. The number of rotatable bonds is 11. The number of nitrogens with zero attached hydrogens (tertiary/aromatic N) is 1. The molecule has 5 atom stereocenters. The molecule has 230 valence electrons. The van der Waals surface area contributed by atoms with E-state index < -0.39 is 40.8 Å². The molecule has 0 unspecified atom stereocenters. The maximum absolute atomic E-state index is 14.3. The minimum atomic E-state index is -4.29. The number of hydrogen-bond acceptors (Lipinski definition) is 9. The van der Waals surface area contributed by atoms with Crippen molar-refractivity contribution in [3.05, 3.63) is 54.1 Å². The molecule has 12 heteroatoms. The van der Waals surface area contributed by atoms with Gasteiger partial charge in [0.2, 0.25) is 10.0 Å². The summed E-state index contributed by atoms with van der Waals surface area (Å²) < 4.78 is 58.2. The Morgan fingerprint density at radius 3 is 2.55 bits per heavy atom. The van der Waals surface area contributed by atoms with Crippen LogP contribution < -0.4 is 14.8 Å². The van der Waals surface area contributed by atoms with E-state index in [0.29, 0.717) is 23.7 Å². The lowest BCUT2D eigenvalue weighted by atomic mass is 9.97. The fourth-order valence-corrected chi connectivity index (χ4v) is 7.41. The van der Waals surface area contributed by atoms with Gasteiger partial charge in [0.25, 0.3) is 0 Å². The Kier molecular flexibility index (Phi) is 9.89. The third kappa shape index (κ3) is 7.00. The number of fused-ring (bicyclic) bond motifs is 1. The standard InChI is InChI=1S/C30H40N2O9S/c1-20(33)28(31-30(34)41-27-19-39-29-24(27)13-8-16-38-29)32(18-21-9-4-3-5-10-21)42(35,36)23-14-15-25(37-2)26(17-23)40-22-11-6-7-12-22/h3-5,9-10,14-15,17,20,22,24,27-29,33H,6-8,11-13,16,18-19H2,1-2H3,(H,31,34)/t20-,24-,27-,28+,29+/m1/s1. The molecule has 3 fully saturated rings. The first-order valence-electron chi connectivity index (χ1n) is 14.5. The van der Waals surface area contributed by atoms with E-state index in [9.17, 15) is 18.3 Å². The number of aliphatic hydroxyl groups excluding tert-OH is 1. The van der Waals surface area contributed by atoms with E-state index in [1.165, 1.54) is 26.2 Å². The second kappa shape index (κ2) is 13.6. The molecule has 0 spiro atoms. The summed E-state index contributed by atoms with van der Waals surface area (Å²) in [5.41, 5.74) is 0.671. The zero-order chi connectivity index (χ0) is 29.7. The number of methoxy groups -OCH3 is 1. The van der Waals surface area contributed by atoms with Crippen LogP contribution in [0, 0.1) is 5.92 Å². The lowest BCUT2D eigenvalue weighted by Crippen LogP contribution is -2.56. The van der Waals surface area contributed by atoms with Crippen molar-refractivity contribution in [1.29, 1.82) is 0 Å². The highest BCUT2D eigenvalue weighted by Crippen LogP contribution is 2.36. The van der Waals surface area contributed by atoms with Crippen molar-refractivity contribution < 1.29 is 42.0 Å². The number of carbonyl (C=O) groups excluding carboxylic acids is 1. The number of benzene rings is 2. The summed E-state index contributed by atoms with van der Waals surface area (Å²) >= 11 is 0. The van der Waals surface area contributed by atoms with Gasteiger partial charge in [-0.1, -0.05) is 30.3 Å². The topological polar surface area (TPSA) is 133 Å². The minimum Gasteiger partial charge on any atom is -0.493 e. The Morgan fingerprint density at radius 2 is 1.83 bits per heavy atom. The van der Waals surface area contributed by atoms with Gasteiger partial charge in [0, 0.05) is 25.1 Å². The second-order valence-electron chi connectivity index (χ2n) is 11.0. The van der Waals surface area contributed by atoms with Crippen LogP contribution in [0.5, 0.6) is 11.5 Å². The van der Waals surface area contributed by atoms with Gasteiger partial charge in [0.15, 0.2) is 17.8 Å². The number of amides is 1. The van der Waals surface area contributed by atoms with Crippen LogP contribution >= 0.6 is 0 Å². The SMILES string of the molecule is COc1ccc(S(=O)(=O)N(Cc2ccccc2)[C@H](NC(=O)O[C@@H]2CO[C@@H]3OCCC[C@@H]32)[C@@H](C)O)cc1OC1CCCC1. The van der Waals surface area contributed by atoms with Gasteiger partial charge in [0.05, 0.1) is 30.8 Å². The summed E-state index contributed by atoms with van der Waals surface area (Å²) in [5.74, 6) is 0.654. The molecule has 1 amide bonds. The first kappa shape index (κ1) is 30.6. The van der Waals surface area contributed by atoms with Crippen LogP contribution in [-0.2, 0) is 30.8 Å². The van der Waals surface area contributed by atoms with Crippen molar-refractivity contribution in [2.75, 3.05) is 20.3 Å². The van der Waals surface area contributed by atoms with Gasteiger partial charge in [-0.05, 0) is 63.1 Å². The van der Waals surface area contributed by atoms with Crippen LogP contribution in [0.15, 0.2) is 53.4 Å². The van der Waals surface area contributed by atoms with E-state index in [2.05, 4.69) is 5.32 Å². The van der Waals surface area contributed by atoms with Gasteiger partial charge >= 0.3 is 6.09 Å². The number of alkyl carbamates (subject to hydrolysis) is 1. The highest BCUT2D eigenvalue weighted by molar-refractivity contribution is 7.89. The third-order valence-corrected chi connectivity index (χ3v) is 9.85. The van der Waals surface area contributed by atoms with Crippen molar-refractivity contribution in [3.63, 3.8) is 0 Å². The van der Waals surface area contributed by atoms with E-state index in [-0.39, 0.29) is 30.1 Å². The van der Waals surface area contributed by atoms with E-state index in [0.717, 1.165) is 42.8 Å². The van der Waals surface area contributed by atoms with Crippen LogP contribution in [0.2, 0.25) is 0 Å². The monoisotopic (exact) mass is 604 g/mol. The summed E-state index contributed by atoms with van der Waals surface area (Å²) in [6.07, 6.45) is 1.03. The molecule has 11 nitrogen and oxygen atoms in total. The predicted molar refractivity (Wildman–Crippen MR) is 152 cm³/mol. The lowest BCUT2D eigenvalue weighted by molar-refractivity contribution is -0.152. The highest BCUT2D eigenvalue weighted by atomic mass is 32.2. The molecule has 0 radical (unpaired) electrons. The quantitative estimate of drug-likeness (QED) is 0.368. The van der Waals surface area contributed by atoms with Crippen LogP contribution in [0.25, 0.3) is 0 Å². The number of ether oxygens (including phenoxy) is 5. The minimum absolute atomic E-state index is 0.0207. The molecule has 0 bridgehead atoms. The maximum atomic E-state index is 14.3. The summed E-state index contributed by atoms with van der Waals surface area (Å²) in [6.45, 7) is 2.08. The van der Waals surface area contributed by atoms with Crippen LogP contribution in [-0.4, -0.2) is 75.0 Å². The number of hydrogen-bond donors (Lipinski definition) is 2. The zero-order valence-corrected chi connectivity index (χ0v) is 24.8. The summed E-state index contributed by atoms with van der Waals surface area (Å²) in [6, 6.07) is 13.4. The molecule has 5 rings (SSSR count). The van der Waals surface area contributed by atoms with Crippen LogP contribution in [0.3, 0.4) is 0 Å².